The van der Waals surface area contributed by atoms with E-state index in [9.17, 15) is 4.79 Å². The van der Waals surface area contributed by atoms with E-state index < -0.39 is 0 Å². The number of fused-ring (bicyclic) bond motifs is 1. The highest BCUT2D eigenvalue weighted by Crippen LogP contribution is 2.64. The third-order valence-electron chi connectivity index (χ3n) is 6.39. The third-order valence-corrected chi connectivity index (χ3v) is 10.4. The zero-order valence-corrected chi connectivity index (χ0v) is 16.5. The standard InChI is InChI=1S/C20H25NO3S2/c22-19(21-11-13-4-5-17-18(8-13)24-12-23-17)14-9-15-2-1-3-16(10-14)20(15)25-6-7-26-20/h4-5,8,14-16H,1-3,6-7,9-12H2,(H,21,22). The lowest BCUT2D eigenvalue weighted by molar-refractivity contribution is -0.127. The van der Waals surface area contributed by atoms with Crippen LogP contribution in [0.4, 0.5) is 0 Å². The van der Waals surface area contributed by atoms with Crippen LogP contribution in [-0.4, -0.2) is 28.3 Å². The van der Waals surface area contributed by atoms with E-state index in [0.717, 1.165) is 29.9 Å². The average Bonchev–Trinajstić information content (AvgIpc) is 3.29. The molecule has 2 bridgehead atoms. The van der Waals surface area contributed by atoms with Crippen molar-refractivity contribution in [2.45, 2.75) is 42.7 Å². The van der Waals surface area contributed by atoms with Gasteiger partial charge in [-0.1, -0.05) is 12.5 Å². The first kappa shape index (κ1) is 17.1. The van der Waals surface area contributed by atoms with Gasteiger partial charge in [0.2, 0.25) is 12.7 Å². The fourth-order valence-electron chi connectivity index (χ4n) is 5.21. The van der Waals surface area contributed by atoms with Gasteiger partial charge in [-0.15, -0.1) is 23.5 Å². The van der Waals surface area contributed by atoms with Gasteiger partial charge in [-0.3, -0.25) is 4.79 Å². The molecule has 2 aliphatic heterocycles. The molecule has 1 saturated heterocycles. The molecule has 4 aliphatic rings. The van der Waals surface area contributed by atoms with Crippen LogP contribution < -0.4 is 14.8 Å². The summed E-state index contributed by atoms with van der Waals surface area (Å²) in [6.45, 7) is 0.851. The summed E-state index contributed by atoms with van der Waals surface area (Å²) in [5, 5.41) is 3.18. The first-order valence-electron chi connectivity index (χ1n) is 9.69. The summed E-state index contributed by atoms with van der Waals surface area (Å²) in [6.07, 6.45) is 6.11. The molecule has 140 valence electrons. The van der Waals surface area contributed by atoms with E-state index in [1.807, 2.05) is 18.2 Å². The fraction of sp³-hybridized carbons (Fsp3) is 0.650. The highest BCUT2D eigenvalue weighted by atomic mass is 32.2. The summed E-state index contributed by atoms with van der Waals surface area (Å²) in [5.41, 5.74) is 1.07. The van der Waals surface area contributed by atoms with Crippen LogP contribution in [0.2, 0.25) is 0 Å². The zero-order valence-electron chi connectivity index (χ0n) is 14.9. The number of thioether (sulfide) groups is 2. The maximum atomic E-state index is 12.9. The highest BCUT2D eigenvalue weighted by Gasteiger charge is 2.55. The van der Waals surface area contributed by atoms with Crippen molar-refractivity contribution >= 4 is 29.4 Å². The molecule has 1 aromatic rings. The normalized spacial score (nSPS) is 31.2. The van der Waals surface area contributed by atoms with Crippen LogP contribution in [0.15, 0.2) is 18.2 Å². The topological polar surface area (TPSA) is 47.6 Å². The van der Waals surface area contributed by atoms with Gasteiger partial charge < -0.3 is 14.8 Å². The molecule has 1 N–H and O–H groups in total. The lowest BCUT2D eigenvalue weighted by Crippen LogP contribution is -2.49. The Kier molecular flexibility index (Phi) is 4.52. The Bertz CT molecular complexity index is 688. The van der Waals surface area contributed by atoms with Gasteiger partial charge in [0, 0.05) is 24.0 Å². The average molecular weight is 392 g/mol. The van der Waals surface area contributed by atoms with Gasteiger partial charge in [0.25, 0.3) is 0 Å². The number of ether oxygens (including phenoxy) is 2. The molecule has 2 unspecified atom stereocenters. The predicted molar refractivity (Wildman–Crippen MR) is 106 cm³/mol. The molecule has 2 atom stereocenters. The van der Waals surface area contributed by atoms with E-state index in [1.54, 1.807) is 0 Å². The smallest absolute Gasteiger partial charge is 0.231 e. The van der Waals surface area contributed by atoms with Gasteiger partial charge >= 0.3 is 0 Å². The number of carbonyl (C=O) groups excluding carboxylic acids is 1. The van der Waals surface area contributed by atoms with Crippen molar-refractivity contribution in [2.24, 2.45) is 17.8 Å². The minimum absolute atomic E-state index is 0.187. The summed E-state index contributed by atoms with van der Waals surface area (Å²) in [5.74, 6) is 6.01. The predicted octanol–water partition coefficient (Wildman–Crippen LogP) is 4.03. The Morgan fingerprint density at radius 2 is 1.85 bits per heavy atom. The van der Waals surface area contributed by atoms with Gasteiger partial charge in [0.1, 0.15) is 0 Å². The molecule has 3 fully saturated rings. The number of rotatable bonds is 3. The van der Waals surface area contributed by atoms with Crippen molar-refractivity contribution in [3.8, 4) is 11.5 Å². The Labute approximate surface area is 163 Å². The quantitative estimate of drug-likeness (QED) is 0.843. The second-order valence-electron chi connectivity index (χ2n) is 7.82. The monoisotopic (exact) mass is 391 g/mol. The lowest BCUT2D eigenvalue weighted by Gasteiger charge is -2.52. The van der Waals surface area contributed by atoms with E-state index in [-0.39, 0.29) is 18.6 Å². The molecule has 1 aromatic carbocycles. The summed E-state index contributed by atoms with van der Waals surface area (Å²) < 4.78 is 11.2. The molecular formula is C20H25NO3S2. The lowest BCUT2D eigenvalue weighted by atomic mass is 9.67. The Morgan fingerprint density at radius 3 is 2.62 bits per heavy atom. The maximum Gasteiger partial charge on any atom is 0.231 e. The number of nitrogens with one attached hydrogen (secondary N) is 1. The number of benzene rings is 1. The summed E-state index contributed by atoms with van der Waals surface area (Å²) in [6, 6.07) is 5.90. The first-order chi connectivity index (χ1) is 12.7. The number of carbonyl (C=O) groups is 1. The molecule has 5 rings (SSSR count). The van der Waals surface area contributed by atoms with Crippen molar-refractivity contribution in [1.82, 2.24) is 5.32 Å². The second kappa shape index (κ2) is 6.86. The summed E-state index contributed by atoms with van der Waals surface area (Å²) in [7, 11) is 0. The van der Waals surface area contributed by atoms with Crippen LogP contribution in [0.3, 0.4) is 0 Å². The van der Waals surface area contributed by atoms with Crippen LogP contribution >= 0.6 is 23.5 Å². The minimum atomic E-state index is 0.187. The van der Waals surface area contributed by atoms with Gasteiger partial charge in [0.05, 0.1) is 4.08 Å². The summed E-state index contributed by atoms with van der Waals surface area (Å²) in [4.78, 5) is 12.9. The molecule has 1 spiro atoms. The molecule has 0 aromatic heterocycles. The van der Waals surface area contributed by atoms with Crippen molar-refractivity contribution in [3.63, 3.8) is 0 Å². The maximum absolute atomic E-state index is 12.9. The number of hydrogen-bond donors (Lipinski definition) is 1. The van der Waals surface area contributed by atoms with Gasteiger partial charge in [-0.05, 0) is 55.2 Å². The third kappa shape index (κ3) is 2.89. The Morgan fingerprint density at radius 1 is 1.12 bits per heavy atom. The zero-order chi connectivity index (χ0) is 17.6. The SMILES string of the molecule is O=C(NCc1ccc2c(c1)OCO2)C1CC2CCCC(C1)C21SCCS1. The molecule has 2 aliphatic carbocycles. The number of amides is 1. The van der Waals surface area contributed by atoms with Gasteiger partial charge in [0.15, 0.2) is 11.5 Å². The highest BCUT2D eigenvalue weighted by molar-refractivity contribution is 8.21. The Hall–Kier alpha value is -1.01. The van der Waals surface area contributed by atoms with E-state index in [0.29, 0.717) is 22.5 Å². The van der Waals surface area contributed by atoms with Crippen LogP contribution in [0, 0.1) is 17.8 Å². The molecule has 1 amide bonds. The van der Waals surface area contributed by atoms with E-state index in [2.05, 4.69) is 28.8 Å². The van der Waals surface area contributed by atoms with E-state index in [4.69, 9.17) is 9.47 Å². The van der Waals surface area contributed by atoms with Crippen LogP contribution in [0.5, 0.6) is 11.5 Å². The molecule has 0 radical (unpaired) electrons. The summed E-state index contributed by atoms with van der Waals surface area (Å²) >= 11 is 4.40. The molecule has 6 heteroatoms. The fourth-order valence-corrected chi connectivity index (χ4v) is 9.14. The number of hydrogen-bond acceptors (Lipinski definition) is 5. The second-order valence-corrected chi connectivity index (χ2v) is 10.8. The Balaban J connectivity index is 1.23. The van der Waals surface area contributed by atoms with E-state index >= 15 is 0 Å². The first-order valence-corrected chi connectivity index (χ1v) is 11.7. The van der Waals surface area contributed by atoms with E-state index in [1.165, 1.54) is 30.8 Å². The van der Waals surface area contributed by atoms with Crippen molar-refractivity contribution in [3.05, 3.63) is 23.8 Å². The van der Waals surface area contributed by atoms with Crippen molar-refractivity contribution < 1.29 is 14.3 Å². The molecular weight excluding hydrogens is 366 g/mol. The van der Waals surface area contributed by atoms with Crippen LogP contribution in [0.1, 0.15) is 37.7 Å². The molecule has 26 heavy (non-hydrogen) atoms. The van der Waals surface area contributed by atoms with Gasteiger partial charge in [-0.2, -0.15) is 0 Å². The van der Waals surface area contributed by atoms with Crippen molar-refractivity contribution in [1.29, 1.82) is 0 Å². The van der Waals surface area contributed by atoms with Gasteiger partial charge in [-0.25, -0.2) is 0 Å². The largest absolute Gasteiger partial charge is 0.454 e. The molecule has 4 nitrogen and oxygen atoms in total. The molecule has 2 heterocycles. The van der Waals surface area contributed by atoms with Crippen LogP contribution in [-0.2, 0) is 11.3 Å². The molecule has 2 saturated carbocycles. The minimum Gasteiger partial charge on any atom is -0.454 e. The van der Waals surface area contributed by atoms with Crippen molar-refractivity contribution in [2.75, 3.05) is 18.3 Å². The van der Waals surface area contributed by atoms with Crippen LogP contribution in [0.25, 0.3) is 0 Å².